The molecule has 0 amide bonds. The number of ketones is 1. The SMILES string of the molecule is O=C(C1=COCCC1)c1cc(F)ccc1Br. The van der Waals surface area contributed by atoms with Gasteiger partial charge in [0.2, 0.25) is 0 Å². The van der Waals surface area contributed by atoms with Crippen molar-refractivity contribution >= 4 is 21.7 Å². The lowest BCUT2D eigenvalue weighted by molar-refractivity contribution is 0.101. The zero-order valence-corrected chi connectivity index (χ0v) is 10.1. The molecule has 0 bridgehead atoms. The normalized spacial score (nSPS) is 15.2. The molecular formula is C12H10BrFO2. The van der Waals surface area contributed by atoms with Crippen LogP contribution in [0.15, 0.2) is 34.5 Å². The molecule has 1 aliphatic rings. The molecule has 0 unspecified atom stereocenters. The molecule has 0 aromatic heterocycles. The van der Waals surface area contributed by atoms with Gasteiger partial charge in [0.1, 0.15) is 5.82 Å². The largest absolute Gasteiger partial charge is 0.501 e. The lowest BCUT2D eigenvalue weighted by atomic mass is 10.00. The van der Waals surface area contributed by atoms with Crippen molar-refractivity contribution in [3.63, 3.8) is 0 Å². The second kappa shape index (κ2) is 4.78. The fourth-order valence-corrected chi connectivity index (χ4v) is 2.00. The Kier molecular flexibility index (Phi) is 3.39. The van der Waals surface area contributed by atoms with Crippen molar-refractivity contribution in [2.75, 3.05) is 6.61 Å². The van der Waals surface area contributed by atoms with Crippen molar-refractivity contribution in [3.05, 3.63) is 45.9 Å². The fraction of sp³-hybridized carbons (Fsp3) is 0.250. The van der Waals surface area contributed by atoms with Gasteiger partial charge in [-0.1, -0.05) is 15.9 Å². The zero-order chi connectivity index (χ0) is 11.5. The standard InChI is InChI=1S/C12H10BrFO2/c13-11-4-3-9(14)6-10(11)12(15)8-2-1-5-16-7-8/h3-4,6-7H,1-2,5H2. The Balaban J connectivity index is 2.33. The van der Waals surface area contributed by atoms with Crippen LogP contribution in [0.5, 0.6) is 0 Å². The molecule has 0 saturated heterocycles. The van der Waals surface area contributed by atoms with Crippen LogP contribution >= 0.6 is 15.9 Å². The molecule has 2 rings (SSSR count). The van der Waals surface area contributed by atoms with Crippen molar-refractivity contribution < 1.29 is 13.9 Å². The Morgan fingerprint density at radius 3 is 2.94 bits per heavy atom. The molecule has 1 heterocycles. The molecule has 4 heteroatoms. The number of halogens is 2. The molecule has 0 radical (unpaired) electrons. The number of hydrogen-bond acceptors (Lipinski definition) is 2. The maximum Gasteiger partial charge on any atom is 0.193 e. The number of allylic oxidation sites excluding steroid dienone is 1. The first-order valence-corrected chi connectivity index (χ1v) is 5.78. The molecule has 2 nitrogen and oxygen atoms in total. The maximum atomic E-state index is 13.1. The van der Waals surface area contributed by atoms with Gasteiger partial charge in [0.05, 0.1) is 12.9 Å². The van der Waals surface area contributed by atoms with E-state index >= 15 is 0 Å². The Morgan fingerprint density at radius 2 is 2.25 bits per heavy atom. The quantitative estimate of drug-likeness (QED) is 0.778. The summed E-state index contributed by atoms with van der Waals surface area (Å²) in [6.45, 7) is 0.640. The Morgan fingerprint density at radius 1 is 1.44 bits per heavy atom. The minimum atomic E-state index is -0.413. The average Bonchev–Trinajstić information content (AvgIpc) is 2.32. The van der Waals surface area contributed by atoms with Crippen LogP contribution in [-0.2, 0) is 4.74 Å². The molecule has 0 fully saturated rings. The van der Waals surface area contributed by atoms with Gasteiger partial charge < -0.3 is 4.74 Å². The predicted molar refractivity (Wildman–Crippen MR) is 61.7 cm³/mol. The monoisotopic (exact) mass is 284 g/mol. The van der Waals surface area contributed by atoms with E-state index < -0.39 is 5.82 Å². The van der Waals surface area contributed by atoms with Crippen LogP contribution in [0.2, 0.25) is 0 Å². The van der Waals surface area contributed by atoms with E-state index in [1.54, 1.807) is 0 Å². The summed E-state index contributed by atoms with van der Waals surface area (Å²) in [5.41, 5.74) is 0.939. The molecule has 84 valence electrons. The average molecular weight is 285 g/mol. The zero-order valence-electron chi connectivity index (χ0n) is 8.50. The van der Waals surface area contributed by atoms with Crippen molar-refractivity contribution in [2.24, 2.45) is 0 Å². The molecule has 0 aliphatic carbocycles. The van der Waals surface area contributed by atoms with Crippen LogP contribution < -0.4 is 0 Å². The highest BCUT2D eigenvalue weighted by Crippen LogP contribution is 2.24. The van der Waals surface area contributed by atoms with Gasteiger partial charge in [0, 0.05) is 15.6 Å². The van der Waals surface area contributed by atoms with Crippen LogP contribution in [0, 0.1) is 5.82 Å². The van der Waals surface area contributed by atoms with E-state index in [4.69, 9.17) is 4.74 Å². The molecule has 16 heavy (non-hydrogen) atoms. The minimum Gasteiger partial charge on any atom is -0.501 e. The summed E-state index contributed by atoms with van der Waals surface area (Å²) in [7, 11) is 0. The van der Waals surface area contributed by atoms with Gasteiger partial charge in [-0.15, -0.1) is 0 Å². The molecule has 0 saturated carbocycles. The third kappa shape index (κ3) is 2.32. The lowest BCUT2D eigenvalue weighted by Crippen LogP contribution is -2.10. The maximum absolute atomic E-state index is 13.1. The lowest BCUT2D eigenvalue weighted by Gasteiger charge is -2.13. The van der Waals surface area contributed by atoms with Crippen LogP contribution in [0.3, 0.4) is 0 Å². The topological polar surface area (TPSA) is 26.3 Å². The molecule has 1 aromatic carbocycles. The van der Waals surface area contributed by atoms with Gasteiger partial charge in [0.25, 0.3) is 0 Å². The number of rotatable bonds is 2. The first kappa shape index (κ1) is 11.3. The first-order chi connectivity index (χ1) is 7.68. The van der Waals surface area contributed by atoms with Crippen LogP contribution in [0.1, 0.15) is 23.2 Å². The predicted octanol–water partition coefficient (Wildman–Crippen LogP) is 3.47. The smallest absolute Gasteiger partial charge is 0.193 e. The third-order valence-corrected chi connectivity index (χ3v) is 3.09. The van der Waals surface area contributed by atoms with Crippen LogP contribution in [-0.4, -0.2) is 12.4 Å². The third-order valence-electron chi connectivity index (χ3n) is 2.40. The van der Waals surface area contributed by atoms with E-state index in [9.17, 15) is 9.18 Å². The molecular weight excluding hydrogens is 275 g/mol. The van der Waals surface area contributed by atoms with Gasteiger partial charge in [-0.3, -0.25) is 4.79 Å². The Hall–Kier alpha value is -1.16. The van der Waals surface area contributed by atoms with E-state index in [1.807, 2.05) is 0 Å². The number of Topliss-reactive ketones (excluding diaryl/α,β-unsaturated/α-hetero) is 1. The molecule has 1 aromatic rings. The van der Waals surface area contributed by atoms with Crippen molar-refractivity contribution in [2.45, 2.75) is 12.8 Å². The second-order valence-corrected chi connectivity index (χ2v) is 4.43. The van der Waals surface area contributed by atoms with E-state index in [2.05, 4.69) is 15.9 Å². The van der Waals surface area contributed by atoms with E-state index in [0.29, 0.717) is 28.6 Å². The van der Waals surface area contributed by atoms with E-state index in [-0.39, 0.29) is 5.78 Å². The van der Waals surface area contributed by atoms with Crippen molar-refractivity contribution in [1.82, 2.24) is 0 Å². The van der Waals surface area contributed by atoms with Gasteiger partial charge in [-0.25, -0.2) is 4.39 Å². The number of ether oxygens (including phenoxy) is 1. The van der Waals surface area contributed by atoms with Crippen LogP contribution in [0.25, 0.3) is 0 Å². The Labute approximate surface area is 101 Å². The summed E-state index contributed by atoms with van der Waals surface area (Å²) < 4.78 is 18.8. The first-order valence-electron chi connectivity index (χ1n) is 4.99. The Bertz CT molecular complexity index is 454. The van der Waals surface area contributed by atoms with Gasteiger partial charge in [-0.2, -0.15) is 0 Å². The number of hydrogen-bond donors (Lipinski definition) is 0. The van der Waals surface area contributed by atoms with Gasteiger partial charge >= 0.3 is 0 Å². The molecule has 0 N–H and O–H groups in total. The molecule has 0 atom stereocenters. The number of carbonyl (C=O) groups excluding carboxylic acids is 1. The summed E-state index contributed by atoms with van der Waals surface area (Å²) in [4.78, 5) is 12.0. The van der Waals surface area contributed by atoms with E-state index in [0.717, 1.165) is 6.42 Å². The van der Waals surface area contributed by atoms with Crippen molar-refractivity contribution in [3.8, 4) is 0 Å². The fourth-order valence-electron chi connectivity index (χ4n) is 1.58. The summed E-state index contributed by atoms with van der Waals surface area (Å²) in [6.07, 6.45) is 2.98. The van der Waals surface area contributed by atoms with Gasteiger partial charge in [0.15, 0.2) is 5.78 Å². The highest BCUT2D eigenvalue weighted by Gasteiger charge is 2.18. The highest BCUT2D eigenvalue weighted by atomic mass is 79.9. The number of benzene rings is 1. The summed E-state index contributed by atoms with van der Waals surface area (Å²) in [5, 5.41) is 0. The summed E-state index contributed by atoms with van der Waals surface area (Å²) in [6, 6.07) is 4.08. The molecule has 0 spiro atoms. The summed E-state index contributed by atoms with van der Waals surface area (Å²) >= 11 is 3.24. The van der Waals surface area contributed by atoms with Crippen LogP contribution in [0.4, 0.5) is 4.39 Å². The van der Waals surface area contributed by atoms with Crippen molar-refractivity contribution in [1.29, 1.82) is 0 Å². The van der Waals surface area contributed by atoms with Gasteiger partial charge in [-0.05, 0) is 31.0 Å². The summed E-state index contributed by atoms with van der Waals surface area (Å²) in [5.74, 6) is -0.588. The van der Waals surface area contributed by atoms with E-state index in [1.165, 1.54) is 24.5 Å². The highest BCUT2D eigenvalue weighted by molar-refractivity contribution is 9.10. The minimum absolute atomic E-state index is 0.175. The molecule has 1 aliphatic heterocycles. The second-order valence-electron chi connectivity index (χ2n) is 3.57. The number of carbonyl (C=O) groups is 1.